The molecule has 0 bridgehead atoms. The van der Waals surface area contributed by atoms with Crippen LogP contribution in [0.15, 0.2) is 176 Å². The first-order valence-electron chi connectivity index (χ1n) is 20.8. The highest BCUT2D eigenvalue weighted by Crippen LogP contribution is 2.38. The van der Waals surface area contributed by atoms with Crippen molar-refractivity contribution in [3.05, 3.63) is 200 Å². The van der Waals surface area contributed by atoms with Crippen molar-refractivity contribution in [1.29, 1.82) is 0 Å². The molecule has 2 atom stereocenters. The second-order valence-electron chi connectivity index (χ2n) is 15.7. The maximum Gasteiger partial charge on any atom is 0.702 e. The summed E-state index contributed by atoms with van der Waals surface area (Å²) >= 11 is 6.84. The number of nitrogens with one attached hydrogen (secondary N) is 2. The summed E-state index contributed by atoms with van der Waals surface area (Å²) in [7, 11) is -11.1. The van der Waals surface area contributed by atoms with Gasteiger partial charge in [0.15, 0.2) is 11.4 Å². The fraction of sp³-hybridized carbons (Fsp3) is 0.0833. The highest BCUT2D eigenvalue weighted by Gasteiger charge is 2.36. The van der Waals surface area contributed by atoms with E-state index in [1.807, 2.05) is 62.4 Å². The van der Waals surface area contributed by atoms with Crippen molar-refractivity contribution in [2.45, 2.75) is 36.1 Å². The van der Waals surface area contributed by atoms with E-state index >= 15 is 0 Å². The maximum absolute atomic E-state index is 14.2. The minimum atomic E-state index is -3.99. The van der Waals surface area contributed by atoms with E-state index in [0.29, 0.717) is 54.0 Å². The van der Waals surface area contributed by atoms with Gasteiger partial charge in [0.2, 0.25) is 32.5 Å². The fourth-order valence-electron chi connectivity index (χ4n) is 6.99. The van der Waals surface area contributed by atoms with E-state index in [1.54, 1.807) is 60.7 Å². The molecule has 22 heteroatoms. The third-order valence-corrected chi connectivity index (χ3v) is 14.3. The fourth-order valence-corrected chi connectivity index (χ4v) is 9.29. The number of rotatable bonds is 16. The largest absolute Gasteiger partial charge is 0.702 e. The molecule has 2 amide bonds. The molecule has 8 aromatic rings. The van der Waals surface area contributed by atoms with Crippen LogP contribution in [-0.4, -0.2) is 48.2 Å². The number of sulfonamides is 2. The Morgan fingerprint density at radius 3 is 1.19 bits per heavy atom. The lowest BCUT2D eigenvalue weighted by Crippen LogP contribution is -2.31. The van der Waals surface area contributed by atoms with Gasteiger partial charge < -0.3 is 10.6 Å². The smallest absolute Gasteiger partial charge is 0.317 e. The van der Waals surface area contributed by atoms with Gasteiger partial charge in [0.1, 0.15) is 0 Å². The van der Waals surface area contributed by atoms with Gasteiger partial charge in [0.05, 0.1) is 32.6 Å². The number of carbonyl (C=O) groups is 2. The predicted molar refractivity (Wildman–Crippen MR) is 269 cm³/mol. The van der Waals surface area contributed by atoms with E-state index < -0.39 is 52.6 Å². The summed E-state index contributed by atoms with van der Waals surface area (Å²) in [6.45, 7) is 3.86. The number of nitrogens with zero attached hydrogens (tertiary/aromatic N) is 4. The monoisotopic (exact) mass is 1130 g/mol. The Morgan fingerprint density at radius 2 is 0.871 bits per heavy atom. The van der Waals surface area contributed by atoms with Crippen LogP contribution in [0.1, 0.15) is 55.7 Å². The molecule has 0 fully saturated rings. The van der Waals surface area contributed by atoms with Crippen LogP contribution < -0.4 is 20.9 Å². The number of nitrogens with two attached hydrogens (primary N) is 2. The molecule has 6 aromatic carbocycles. The normalized spacial score (nSPS) is 12.8. The molecule has 356 valence electrons. The lowest BCUT2D eigenvalue weighted by Gasteiger charge is -2.15. The van der Waals surface area contributed by atoms with Crippen LogP contribution in [-0.2, 0) is 33.7 Å². The molecule has 0 saturated carbocycles. The Morgan fingerprint density at radius 1 is 0.543 bits per heavy atom. The molecule has 6 N–H and O–H groups in total. The zero-order valence-corrected chi connectivity index (χ0v) is 42.5. The minimum Gasteiger partial charge on any atom is -0.317 e. The molecule has 17 nitrogen and oxygen atoms in total. The SMILES string of the molecule is Cc1ccc(-c2cc(C(=O)NC(O[P+](=O)OC(NC(=O)c3cc(-c4ccc(C)cc4)n(-c4ccc(S(N)(=O)=O)cc4)n3)c3ccc(Br)cc3)c3ccc(Br)cc3)nn2-c2ccc(S(N)(=O)=O)cc2)cc1. The van der Waals surface area contributed by atoms with Crippen LogP contribution in [0.25, 0.3) is 33.9 Å². The van der Waals surface area contributed by atoms with Crippen LogP contribution >= 0.6 is 40.1 Å². The van der Waals surface area contributed by atoms with Gasteiger partial charge in [0.25, 0.3) is 11.8 Å². The molecular formula is C48H40Br2N8O9PS2+. The average molecular weight is 1130 g/mol. The molecule has 0 spiro atoms. The van der Waals surface area contributed by atoms with Crippen molar-refractivity contribution in [3.63, 3.8) is 0 Å². The zero-order valence-electron chi connectivity index (χ0n) is 36.8. The first kappa shape index (κ1) is 49.9. The van der Waals surface area contributed by atoms with Gasteiger partial charge in [-0.05, 0) is 98.8 Å². The average Bonchev–Trinajstić information content (AvgIpc) is 3.99. The topological polar surface area (TPSA) is 250 Å². The molecule has 2 aromatic heterocycles. The number of carbonyl (C=O) groups excluding carboxylic acids is 2. The van der Waals surface area contributed by atoms with Crippen LogP contribution in [0, 0.1) is 13.8 Å². The summed E-state index contributed by atoms with van der Waals surface area (Å²) in [6.07, 6.45) is -2.80. The van der Waals surface area contributed by atoms with E-state index in [1.165, 1.54) is 57.9 Å². The maximum atomic E-state index is 14.2. The van der Waals surface area contributed by atoms with E-state index in [4.69, 9.17) is 19.3 Å². The highest BCUT2D eigenvalue weighted by atomic mass is 79.9. The molecule has 0 aliphatic rings. The number of primary sulfonamides is 2. The van der Waals surface area contributed by atoms with Crippen molar-refractivity contribution in [3.8, 4) is 33.9 Å². The summed E-state index contributed by atoms with van der Waals surface area (Å²) in [4.78, 5) is 28.2. The van der Waals surface area contributed by atoms with Gasteiger partial charge in [-0.15, -0.1) is 0 Å². The quantitative estimate of drug-likeness (QED) is 0.0525. The van der Waals surface area contributed by atoms with Gasteiger partial charge in [0, 0.05) is 35.8 Å². The molecular weight excluding hydrogens is 1090 g/mol. The van der Waals surface area contributed by atoms with Gasteiger partial charge in [-0.3, -0.25) is 9.59 Å². The van der Waals surface area contributed by atoms with E-state index in [0.717, 1.165) is 11.1 Å². The standard InChI is InChI=1S/C48H39Br2N8O9PS2/c1-29-3-7-31(8-4-29)43-27-41(55-57(43)37-19-23-39(24-20-37)69(51,62)63)45(59)53-47(33-11-15-35(49)16-12-33)66-68(61)67-48(34-13-17-36(50)18-14-34)54-46(60)42-28-44(32-9-5-30(2)6-10-32)58(56-42)38-21-25-40(26-22-38)70(52,64)65/h3-28,47-48H,1-2H3,(H5-,51,52,53,54,59,60,62,63,64,65)/p+1. The van der Waals surface area contributed by atoms with Gasteiger partial charge in [-0.2, -0.15) is 10.2 Å². The summed E-state index contributed by atoms with van der Waals surface area (Å²) in [5.41, 5.74) is 5.82. The van der Waals surface area contributed by atoms with E-state index in [2.05, 4.69) is 52.7 Å². The number of benzene rings is 6. The van der Waals surface area contributed by atoms with Crippen LogP contribution in [0.3, 0.4) is 0 Å². The van der Waals surface area contributed by atoms with E-state index in [9.17, 15) is 31.0 Å². The molecule has 0 radical (unpaired) electrons. The first-order valence-corrected chi connectivity index (χ1v) is 26.6. The van der Waals surface area contributed by atoms with Crippen molar-refractivity contribution >= 4 is 72.0 Å². The number of amides is 2. The number of hydrogen-bond acceptors (Lipinski definition) is 11. The predicted octanol–water partition coefficient (Wildman–Crippen LogP) is 9.08. The first-order chi connectivity index (χ1) is 33.3. The zero-order chi connectivity index (χ0) is 49.9. The van der Waals surface area contributed by atoms with Crippen LogP contribution in [0.2, 0.25) is 0 Å². The van der Waals surface area contributed by atoms with Crippen molar-refractivity contribution in [2.24, 2.45) is 10.3 Å². The molecule has 0 aliphatic carbocycles. The minimum absolute atomic E-state index is 0.0715. The summed E-state index contributed by atoms with van der Waals surface area (Å²) in [5.74, 6) is -1.47. The molecule has 8 rings (SSSR count). The van der Waals surface area contributed by atoms with Gasteiger partial charge in [-0.1, -0.05) is 125 Å². The highest BCUT2D eigenvalue weighted by molar-refractivity contribution is 9.10. The molecule has 2 heterocycles. The summed E-state index contributed by atoms with van der Waals surface area (Å²) < 4.78 is 78.5. The Kier molecular flexibility index (Phi) is 14.8. The summed E-state index contributed by atoms with van der Waals surface area (Å²) in [5, 5.41) is 25.4. The molecule has 0 saturated heterocycles. The van der Waals surface area contributed by atoms with E-state index in [-0.39, 0.29) is 21.2 Å². The lowest BCUT2D eigenvalue weighted by atomic mass is 10.1. The Balaban J connectivity index is 1.08. The van der Waals surface area contributed by atoms with Crippen LogP contribution in [0.5, 0.6) is 0 Å². The molecule has 0 aliphatic heterocycles. The van der Waals surface area contributed by atoms with Gasteiger partial charge >= 0.3 is 8.25 Å². The molecule has 2 unspecified atom stereocenters. The van der Waals surface area contributed by atoms with Crippen molar-refractivity contribution < 1.29 is 40.0 Å². The van der Waals surface area contributed by atoms with Crippen molar-refractivity contribution in [2.75, 3.05) is 0 Å². The van der Waals surface area contributed by atoms with Gasteiger partial charge in [-0.25, -0.2) is 36.5 Å². The Hall–Kier alpha value is -6.52. The Bertz CT molecular complexity index is 3240. The lowest BCUT2D eigenvalue weighted by molar-refractivity contribution is 0.0688. The summed E-state index contributed by atoms with van der Waals surface area (Å²) in [6, 6.07) is 42.8. The number of aryl methyl sites for hydroxylation is 2. The number of hydrogen-bond donors (Lipinski definition) is 4. The number of halogens is 2. The molecule has 70 heavy (non-hydrogen) atoms. The number of aromatic nitrogens is 4. The third-order valence-electron chi connectivity index (χ3n) is 10.7. The van der Waals surface area contributed by atoms with Crippen LogP contribution in [0.4, 0.5) is 0 Å². The van der Waals surface area contributed by atoms with Crippen molar-refractivity contribution in [1.82, 2.24) is 30.2 Å². The second-order valence-corrected chi connectivity index (χ2v) is 21.5. The Labute approximate surface area is 420 Å². The third kappa shape index (κ3) is 11.9. The second kappa shape index (κ2) is 20.8.